The summed E-state index contributed by atoms with van der Waals surface area (Å²) in [4.78, 5) is 7.12. The molecule has 3 rings (SSSR count). The van der Waals surface area contributed by atoms with Crippen LogP contribution in [0.2, 0.25) is 0 Å². The molecule has 2 aromatic heterocycles. The first kappa shape index (κ1) is 12.2. The van der Waals surface area contributed by atoms with Crippen LogP contribution in [-0.2, 0) is 6.42 Å². The van der Waals surface area contributed by atoms with Crippen molar-refractivity contribution in [3.8, 4) is 0 Å². The van der Waals surface area contributed by atoms with E-state index in [1.807, 2.05) is 6.07 Å². The number of imidazole rings is 1. The highest BCUT2D eigenvalue weighted by Crippen LogP contribution is 2.21. The zero-order valence-electron chi connectivity index (χ0n) is 10.6. The van der Waals surface area contributed by atoms with Crippen molar-refractivity contribution < 1.29 is 0 Å². The summed E-state index contributed by atoms with van der Waals surface area (Å²) in [5.41, 5.74) is 2.26. The van der Waals surface area contributed by atoms with Crippen LogP contribution in [0.3, 0.4) is 0 Å². The maximum absolute atomic E-state index is 4.71. The lowest BCUT2D eigenvalue weighted by atomic mass is 9.93. The summed E-state index contributed by atoms with van der Waals surface area (Å²) >= 11 is 3.49. The standard InChI is InChI=1S/C14H18BrN3/c1-17-5-2-11(3-6-17)8-13-10-18-7-4-12(15)9-14(18)16-13/h4,7,9-11H,2-3,5-6,8H2,1H3. The van der Waals surface area contributed by atoms with Gasteiger partial charge in [0.15, 0.2) is 0 Å². The maximum atomic E-state index is 4.71. The highest BCUT2D eigenvalue weighted by atomic mass is 79.9. The molecule has 0 amide bonds. The first-order valence-corrected chi connectivity index (χ1v) is 7.32. The number of piperidine rings is 1. The van der Waals surface area contributed by atoms with Crippen LogP contribution >= 0.6 is 15.9 Å². The van der Waals surface area contributed by atoms with E-state index in [4.69, 9.17) is 4.98 Å². The van der Waals surface area contributed by atoms with Gasteiger partial charge in [-0.3, -0.25) is 0 Å². The van der Waals surface area contributed by atoms with Crippen LogP contribution < -0.4 is 0 Å². The molecule has 1 fully saturated rings. The fourth-order valence-corrected chi connectivity index (χ4v) is 2.99. The number of halogens is 1. The third-order valence-electron chi connectivity index (χ3n) is 3.81. The first-order valence-electron chi connectivity index (χ1n) is 6.52. The van der Waals surface area contributed by atoms with Gasteiger partial charge in [0, 0.05) is 16.9 Å². The van der Waals surface area contributed by atoms with Crippen LogP contribution in [-0.4, -0.2) is 34.4 Å². The Bertz CT molecular complexity index is 541. The van der Waals surface area contributed by atoms with Gasteiger partial charge in [-0.2, -0.15) is 0 Å². The van der Waals surface area contributed by atoms with Crippen molar-refractivity contribution in [3.05, 3.63) is 34.7 Å². The number of rotatable bonds is 2. The second-order valence-electron chi connectivity index (χ2n) is 5.29. The van der Waals surface area contributed by atoms with E-state index < -0.39 is 0 Å². The van der Waals surface area contributed by atoms with Crippen molar-refractivity contribution in [1.82, 2.24) is 14.3 Å². The van der Waals surface area contributed by atoms with Gasteiger partial charge in [0.25, 0.3) is 0 Å². The monoisotopic (exact) mass is 307 g/mol. The minimum Gasteiger partial charge on any atom is -0.307 e. The van der Waals surface area contributed by atoms with Gasteiger partial charge in [-0.25, -0.2) is 4.98 Å². The average molecular weight is 308 g/mol. The van der Waals surface area contributed by atoms with E-state index in [0.717, 1.165) is 22.5 Å². The number of pyridine rings is 1. The molecule has 1 saturated heterocycles. The van der Waals surface area contributed by atoms with Gasteiger partial charge in [0.05, 0.1) is 5.69 Å². The van der Waals surface area contributed by atoms with E-state index >= 15 is 0 Å². The molecule has 0 saturated carbocycles. The van der Waals surface area contributed by atoms with E-state index in [9.17, 15) is 0 Å². The molecule has 0 aromatic carbocycles. The molecule has 3 heterocycles. The Labute approximate surface area is 116 Å². The minimum atomic E-state index is 0.801. The molecule has 18 heavy (non-hydrogen) atoms. The lowest BCUT2D eigenvalue weighted by molar-refractivity contribution is 0.218. The van der Waals surface area contributed by atoms with Gasteiger partial charge in [-0.05, 0) is 57.5 Å². The molecule has 0 bridgehead atoms. The predicted molar refractivity (Wildman–Crippen MR) is 76.8 cm³/mol. The molecule has 2 aromatic rings. The van der Waals surface area contributed by atoms with Crippen LogP contribution in [0.1, 0.15) is 18.5 Å². The highest BCUT2D eigenvalue weighted by Gasteiger charge is 2.18. The molecule has 1 aliphatic rings. The molecular weight excluding hydrogens is 290 g/mol. The Balaban J connectivity index is 1.74. The van der Waals surface area contributed by atoms with Crippen LogP contribution in [0, 0.1) is 5.92 Å². The van der Waals surface area contributed by atoms with Crippen LogP contribution in [0.25, 0.3) is 5.65 Å². The second kappa shape index (κ2) is 5.02. The Kier molecular flexibility index (Phi) is 3.39. The van der Waals surface area contributed by atoms with Gasteiger partial charge in [-0.1, -0.05) is 15.9 Å². The summed E-state index contributed by atoms with van der Waals surface area (Å²) in [6.07, 6.45) is 7.94. The molecule has 0 unspecified atom stereocenters. The third-order valence-corrected chi connectivity index (χ3v) is 4.30. The molecule has 1 aliphatic heterocycles. The van der Waals surface area contributed by atoms with Crippen LogP contribution in [0.4, 0.5) is 0 Å². The van der Waals surface area contributed by atoms with E-state index in [-0.39, 0.29) is 0 Å². The Hall–Kier alpha value is -0.870. The van der Waals surface area contributed by atoms with Crippen molar-refractivity contribution in [2.45, 2.75) is 19.3 Å². The number of hydrogen-bond acceptors (Lipinski definition) is 2. The van der Waals surface area contributed by atoms with Gasteiger partial charge in [0.1, 0.15) is 5.65 Å². The SMILES string of the molecule is CN1CCC(Cc2cn3ccc(Br)cc3n2)CC1. The predicted octanol–water partition coefficient (Wildman–Crippen LogP) is 2.98. The zero-order valence-corrected chi connectivity index (χ0v) is 12.2. The second-order valence-corrected chi connectivity index (χ2v) is 6.21. The molecule has 0 spiro atoms. The zero-order chi connectivity index (χ0) is 12.5. The summed E-state index contributed by atoms with van der Waals surface area (Å²) in [6, 6.07) is 4.12. The summed E-state index contributed by atoms with van der Waals surface area (Å²) in [5, 5.41) is 0. The van der Waals surface area contributed by atoms with Crippen molar-refractivity contribution in [1.29, 1.82) is 0 Å². The Morgan fingerprint density at radius 2 is 2.17 bits per heavy atom. The van der Waals surface area contributed by atoms with Crippen molar-refractivity contribution in [2.75, 3.05) is 20.1 Å². The quantitative estimate of drug-likeness (QED) is 0.850. The molecular formula is C14H18BrN3. The van der Waals surface area contributed by atoms with Gasteiger partial charge < -0.3 is 9.30 Å². The van der Waals surface area contributed by atoms with Gasteiger partial charge in [0.2, 0.25) is 0 Å². The van der Waals surface area contributed by atoms with Gasteiger partial charge >= 0.3 is 0 Å². The number of fused-ring (bicyclic) bond motifs is 1. The molecule has 0 aliphatic carbocycles. The summed E-state index contributed by atoms with van der Waals surface area (Å²) in [7, 11) is 2.21. The van der Waals surface area contributed by atoms with Crippen molar-refractivity contribution >= 4 is 21.6 Å². The Morgan fingerprint density at radius 1 is 1.39 bits per heavy atom. The summed E-state index contributed by atoms with van der Waals surface area (Å²) in [6.45, 7) is 2.45. The largest absolute Gasteiger partial charge is 0.307 e. The van der Waals surface area contributed by atoms with E-state index in [1.165, 1.54) is 31.6 Å². The van der Waals surface area contributed by atoms with Crippen molar-refractivity contribution in [2.24, 2.45) is 5.92 Å². The minimum absolute atomic E-state index is 0.801. The van der Waals surface area contributed by atoms with E-state index in [1.54, 1.807) is 0 Å². The fraction of sp³-hybridized carbons (Fsp3) is 0.500. The summed E-state index contributed by atoms with van der Waals surface area (Å²) in [5.74, 6) is 0.801. The molecule has 96 valence electrons. The van der Waals surface area contributed by atoms with Crippen LogP contribution in [0.5, 0.6) is 0 Å². The van der Waals surface area contributed by atoms with E-state index in [0.29, 0.717) is 0 Å². The number of hydrogen-bond donors (Lipinski definition) is 0. The van der Waals surface area contributed by atoms with Crippen molar-refractivity contribution in [3.63, 3.8) is 0 Å². The van der Waals surface area contributed by atoms with Crippen LogP contribution in [0.15, 0.2) is 29.0 Å². The summed E-state index contributed by atoms with van der Waals surface area (Å²) < 4.78 is 3.20. The number of aromatic nitrogens is 2. The van der Waals surface area contributed by atoms with E-state index in [2.05, 4.69) is 50.7 Å². The number of nitrogens with zero attached hydrogens (tertiary/aromatic N) is 3. The van der Waals surface area contributed by atoms with Gasteiger partial charge in [-0.15, -0.1) is 0 Å². The lowest BCUT2D eigenvalue weighted by Crippen LogP contribution is -2.30. The molecule has 4 heteroatoms. The average Bonchev–Trinajstić information content (AvgIpc) is 2.73. The lowest BCUT2D eigenvalue weighted by Gasteiger charge is -2.28. The maximum Gasteiger partial charge on any atom is 0.138 e. The molecule has 0 radical (unpaired) electrons. The highest BCUT2D eigenvalue weighted by molar-refractivity contribution is 9.10. The smallest absolute Gasteiger partial charge is 0.138 e. The molecule has 3 nitrogen and oxygen atoms in total. The molecule has 0 N–H and O–H groups in total. The topological polar surface area (TPSA) is 20.5 Å². The number of likely N-dealkylation sites (tertiary alicyclic amines) is 1. The third kappa shape index (κ3) is 2.59. The normalized spacial score (nSPS) is 18.6. The first-order chi connectivity index (χ1) is 8.70. The fourth-order valence-electron chi connectivity index (χ4n) is 2.67. The molecule has 0 atom stereocenters. The Morgan fingerprint density at radius 3 is 2.94 bits per heavy atom.